The van der Waals surface area contributed by atoms with Gasteiger partial charge in [-0.2, -0.15) is 0 Å². The van der Waals surface area contributed by atoms with Gasteiger partial charge in [0.1, 0.15) is 5.75 Å². The third kappa shape index (κ3) is 3.07. The highest BCUT2D eigenvalue weighted by atomic mass is 32.1. The van der Waals surface area contributed by atoms with E-state index in [2.05, 4.69) is 5.32 Å². The van der Waals surface area contributed by atoms with Crippen LogP contribution in [0.3, 0.4) is 0 Å². The predicted molar refractivity (Wildman–Crippen MR) is 69.5 cm³/mol. The third-order valence-electron chi connectivity index (χ3n) is 2.34. The van der Waals surface area contributed by atoms with Crippen LogP contribution in [0.25, 0.3) is 0 Å². The van der Waals surface area contributed by atoms with Gasteiger partial charge in [0.05, 0.1) is 12.1 Å². The highest BCUT2D eigenvalue weighted by Crippen LogP contribution is 2.24. The van der Waals surface area contributed by atoms with E-state index in [0.717, 1.165) is 10.4 Å². The van der Waals surface area contributed by atoms with Gasteiger partial charge in [0.15, 0.2) is 0 Å². The molecule has 1 aromatic heterocycles. The lowest BCUT2D eigenvalue weighted by Gasteiger charge is -2.07. The van der Waals surface area contributed by atoms with Crippen LogP contribution >= 0.6 is 11.3 Å². The van der Waals surface area contributed by atoms with Crippen molar-refractivity contribution in [2.45, 2.75) is 13.3 Å². The second-order valence-electron chi connectivity index (χ2n) is 3.82. The number of carbonyl (C=O) groups excluding carboxylic acids is 1. The van der Waals surface area contributed by atoms with Crippen molar-refractivity contribution >= 4 is 22.9 Å². The van der Waals surface area contributed by atoms with Gasteiger partial charge in [-0.3, -0.25) is 4.79 Å². The SMILES string of the molecule is Cc1ccc(O)c(NC(=O)Cc2cccs2)c1. The second kappa shape index (κ2) is 5.01. The van der Waals surface area contributed by atoms with E-state index in [-0.39, 0.29) is 11.7 Å². The van der Waals surface area contributed by atoms with Crippen molar-refractivity contribution in [2.75, 3.05) is 5.32 Å². The summed E-state index contributed by atoms with van der Waals surface area (Å²) in [6.07, 6.45) is 0.338. The number of benzene rings is 1. The van der Waals surface area contributed by atoms with Crippen molar-refractivity contribution in [3.63, 3.8) is 0 Å². The predicted octanol–water partition coefficient (Wildman–Crippen LogP) is 2.94. The standard InChI is InChI=1S/C13H13NO2S/c1-9-4-5-12(15)11(7-9)14-13(16)8-10-3-2-6-17-10/h2-7,15H,8H2,1H3,(H,14,16). The van der Waals surface area contributed by atoms with Gasteiger partial charge in [-0.25, -0.2) is 0 Å². The minimum absolute atomic E-state index is 0.0927. The Morgan fingerprint density at radius 3 is 2.94 bits per heavy atom. The van der Waals surface area contributed by atoms with Gasteiger partial charge in [0, 0.05) is 4.88 Å². The molecule has 0 atom stereocenters. The van der Waals surface area contributed by atoms with E-state index in [0.29, 0.717) is 12.1 Å². The number of carbonyl (C=O) groups is 1. The highest BCUT2D eigenvalue weighted by Gasteiger charge is 2.07. The van der Waals surface area contributed by atoms with Gasteiger partial charge in [0.2, 0.25) is 5.91 Å². The first kappa shape index (κ1) is 11.7. The molecule has 4 heteroatoms. The zero-order valence-corrected chi connectivity index (χ0v) is 10.3. The monoisotopic (exact) mass is 247 g/mol. The van der Waals surface area contributed by atoms with Crippen LogP contribution in [0.15, 0.2) is 35.7 Å². The fraction of sp³-hybridized carbons (Fsp3) is 0.154. The van der Waals surface area contributed by atoms with Gasteiger partial charge in [0.25, 0.3) is 0 Å². The molecule has 0 aliphatic carbocycles. The average molecular weight is 247 g/mol. The highest BCUT2D eigenvalue weighted by molar-refractivity contribution is 7.10. The van der Waals surface area contributed by atoms with Crippen LogP contribution < -0.4 is 5.32 Å². The molecule has 0 unspecified atom stereocenters. The Balaban J connectivity index is 2.05. The molecular formula is C13H13NO2S. The topological polar surface area (TPSA) is 49.3 Å². The molecule has 2 rings (SSSR count). The van der Waals surface area contributed by atoms with E-state index in [1.807, 2.05) is 24.4 Å². The van der Waals surface area contributed by atoms with Crippen LogP contribution in [0.1, 0.15) is 10.4 Å². The molecule has 3 nitrogen and oxygen atoms in total. The van der Waals surface area contributed by atoms with Crippen LogP contribution in [0, 0.1) is 6.92 Å². The number of hydrogen-bond donors (Lipinski definition) is 2. The maximum atomic E-state index is 11.7. The summed E-state index contributed by atoms with van der Waals surface area (Å²) in [4.78, 5) is 12.7. The summed E-state index contributed by atoms with van der Waals surface area (Å²) in [5, 5.41) is 14.2. The maximum absolute atomic E-state index is 11.7. The van der Waals surface area contributed by atoms with Crippen LogP contribution in [0.4, 0.5) is 5.69 Å². The van der Waals surface area contributed by atoms with Crippen molar-refractivity contribution in [2.24, 2.45) is 0 Å². The van der Waals surface area contributed by atoms with Gasteiger partial charge in [-0.05, 0) is 36.1 Å². The van der Waals surface area contributed by atoms with Crippen molar-refractivity contribution in [1.82, 2.24) is 0 Å². The first-order valence-corrected chi connectivity index (χ1v) is 6.15. The summed E-state index contributed by atoms with van der Waals surface area (Å²) in [6.45, 7) is 1.91. The molecule has 17 heavy (non-hydrogen) atoms. The summed E-state index contributed by atoms with van der Waals surface area (Å²) in [7, 11) is 0. The number of amides is 1. The first-order chi connectivity index (χ1) is 8.15. The summed E-state index contributed by atoms with van der Waals surface area (Å²) in [5.74, 6) is -0.0246. The largest absolute Gasteiger partial charge is 0.506 e. The van der Waals surface area contributed by atoms with E-state index in [9.17, 15) is 9.90 Å². The smallest absolute Gasteiger partial charge is 0.229 e. The maximum Gasteiger partial charge on any atom is 0.229 e. The van der Waals surface area contributed by atoms with Crippen LogP contribution in [-0.2, 0) is 11.2 Å². The number of phenols is 1. The number of hydrogen-bond acceptors (Lipinski definition) is 3. The molecule has 0 aliphatic heterocycles. The lowest BCUT2D eigenvalue weighted by molar-refractivity contribution is -0.115. The minimum atomic E-state index is -0.117. The molecular weight excluding hydrogens is 234 g/mol. The average Bonchev–Trinajstić information content (AvgIpc) is 2.76. The molecule has 0 bridgehead atoms. The van der Waals surface area contributed by atoms with E-state index >= 15 is 0 Å². The number of aryl methyl sites for hydroxylation is 1. The molecule has 0 saturated carbocycles. The molecule has 1 heterocycles. The Bertz CT molecular complexity index is 520. The zero-order chi connectivity index (χ0) is 12.3. The number of nitrogens with one attached hydrogen (secondary N) is 1. The Morgan fingerprint density at radius 1 is 1.41 bits per heavy atom. The Morgan fingerprint density at radius 2 is 2.24 bits per heavy atom. The Hall–Kier alpha value is -1.81. The molecule has 2 N–H and O–H groups in total. The third-order valence-corrected chi connectivity index (χ3v) is 3.22. The van der Waals surface area contributed by atoms with Gasteiger partial charge < -0.3 is 10.4 Å². The van der Waals surface area contributed by atoms with Crippen molar-refractivity contribution in [3.8, 4) is 5.75 Å². The summed E-state index contributed by atoms with van der Waals surface area (Å²) in [5.41, 5.74) is 1.46. The van der Waals surface area contributed by atoms with Crippen LogP contribution in [-0.4, -0.2) is 11.0 Å². The fourth-order valence-electron chi connectivity index (χ4n) is 1.52. The van der Waals surface area contributed by atoms with E-state index in [1.165, 1.54) is 0 Å². The quantitative estimate of drug-likeness (QED) is 0.819. The number of rotatable bonds is 3. The van der Waals surface area contributed by atoms with Crippen LogP contribution in [0.2, 0.25) is 0 Å². The summed E-state index contributed by atoms with van der Waals surface area (Å²) in [6, 6.07) is 8.96. The van der Waals surface area contributed by atoms with Gasteiger partial charge >= 0.3 is 0 Å². The second-order valence-corrected chi connectivity index (χ2v) is 4.86. The molecule has 1 aromatic carbocycles. The number of aromatic hydroxyl groups is 1. The Labute approximate surface area is 104 Å². The zero-order valence-electron chi connectivity index (χ0n) is 9.43. The summed E-state index contributed by atoms with van der Waals surface area (Å²) < 4.78 is 0. The van der Waals surface area contributed by atoms with E-state index in [1.54, 1.807) is 29.5 Å². The first-order valence-electron chi connectivity index (χ1n) is 5.27. The van der Waals surface area contributed by atoms with Crippen molar-refractivity contribution in [3.05, 3.63) is 46.2 Å². The molecule has 0 fully saturated rings. The molecule has 88 valence electrons. The van der Waals surface area contributed by atoms with Crippen LogP contribution in [0.5, 0.6) is 5.75 Å². The molecule has 0 radical (unpaired) electrons. The number of thiophene rings is 1. The van der Waals surface area contributed by atoms with E-state index < -0.39 is 0 Å². The Kier molecular flexibility index (Phi) is 3.44. The molecule has 2 aromatic rings. The normalized spacial score (nSPS) is 10.2. The van der Waals surface area contributed by atoms with Crippen molar-refractivity contribution < 1.29 is 9.90 Å². The molecule has 0 saturated heterocycles. The summed E-state index contributed by atoms with van der Waals surface area (Å²) >= 11 is 1.55. The molecule has 0 aliphatic rings. The van der Waals surface area contributed by atoms with Crippen molar-refractivity contribution in [1.29, 1.82) is 0 Å². The van der Waals surface area contributed by atoms with Gasteiger partial charge in [-0.1, -0.05) is 12.1 Å². The molecule has 1 amide bonds. The fourth-order valence-corrected chi connectivity index (χ4v) is 2.22. The lowest BCUT2D eigenvalue weighted by atomic mass is 10.2. The number of phenolic OH excluding ortho intramolecular Hbond substituents is 1. The molecule has 0 spiro atoms. The lowest BCUT2D eigenvalue weighted by Crippen LogP contribution is -2.13. The van der Waals surface area contributed by atoms with Gasteiger partial charge in [-0.15, -0.1) is 11.3 Å². The number of anilines is 1. The minimum Gasteiger partial charge on any atom is -0.506 e. The van der Waals surface area contributed by atoms with E-state index in [4.69, 9.17) is 0 Å².